The van der Waals surface area contributed by atoms with Gasteiger partial charge in [0.05, 0.1) is 0 Å². The zero-order valence-corrected chi connectivity index (χ0v) is 30.9. The molecule has 0 N–H and O–H groups in total. The van der Waals surface area contributed by atoms with Crippen molar-refractivity contribution in [1.29, 1.82) is 0 Å². The van der Waals surface area contributed by atoms with Crippen LogP contribution in [-0.2, 0) is 0 Å². The first-order chi connectivity index (χ1) is 27.7. The average Bonchev–Trinajstić information content (AvgIpc) is 3.85. The molecule has 0 unspecified atom stereocenters. The van der Waals surface area contributed by atoms with Gasteiger partial charge in [-0.2, -0.15) is 0 Å². The van der Waals surface area contributed by atoms with Gasteiger partial charge in [-0.25, -0.2) is 15.0 Å². The molecule has 0 spiro atoms. The topological polar surface area (TPSA) is 51.8 Å². The minimum absolute atomic E-state index is 0.593. The van der Waals surface area contributed by atoms with Crippen LogP contribution < -0.4 is 0 Å². The Labute approximate surface area is 327 Å². The summed E-state index contributed by atoms with van der Waals surface area (Å²) in [5, 5.41) is 4.49. The molecule has 11 rings (SSSR count). The van der Waals surface area contributed by atoms with Gasteiger partial charge in [0.1, 0.15) is 11.2 Å². The fraction of sp³-hybridized carbons (Fsp3) is 0. The molecule has 56 heavy (non-hydrogen) atoms. The molecule has 11 aromatic rings. The summed E-state index contributed by atoms with van der Waals surface area (Å²) in [6, 6.07) is 65.6. The third-order valence-electron chi connectivity index (χ3n) is 10.6. The number of furan rings is 1. The molecular formula is C51H31N3OS. The number of hydrogen-bond acceptors (Lipinski definition) is 5. The molecule has 4 nitrogen and oxygen atoms in total. The molecule has 3 heterocycles. The SMILES string of the molecule is c1ccc(-c2ccc(-c3nc(-c4ccccc4)nc(-c4cc(-c5cccc6c5sc5ccc(-c7ccccc7)cc56)cc5oc6ccccc6c45)n3)cc2)cc1. The summed E-state index contributed by atoms with van der Waals surface area (Å²) < 4.78 is 9.11. The van der Waals surface area contributed by atoms with Crippen molar-refractivity contribution in [1.82, 2.24) is 15.0 Å². The zero-order valence-electron chi connectivity index (χ0n) is 30.1. The first kappa shape index (κ1) is 32.2. The second kappa shape index (κ2) is 13.3. The molecule has 0 bridgehead atoms. The quantitative estimate of drug-likeness (QED) is 0.171. The van der Waals surface area contributed by atoms with E-state index in [1.807, 2.05) is 59.9 Å². The van der Waals surface area contributed by atoms with E-state index in [-0.39, 0.29) is 0 Å². The van der Waals surface area contributed by atoms with Gasteiger partial charge in [-0.3, -0.25) is 0 Å². The molecule has 262 valence electrons. The van der Waals surface area contributed by atoms with Crippen LogP contribution in [0.1, 0.15) is 0 Å². The highest BCUT2D eigenvalue weighted by molar-refractivity contribution is 7.26. The summed E-state index contributed by atoms with van der Waals surface area (Å²) in [5.74, 6) is 1.82. The highest BCUT2D eigenvalue weighted by atomic mass is 32.1. The molecule has 3 aromatic heterocycles. The van der Waals surface area contributed by atoms with E-state index in [4.69, 9.17) is 19.4 Å². The van der Waals surface area contributed by atoms with Crippen LogP contribution in [0.15, 0.2) is 192 Å². The molecule has 0 aliphatic heterocycles. The lowest BCUT2D eigenvalue weighted by Crippen LogP contribution is -2.00. The number of benzene rings is 8. The van der Waals surface area contributed by atoms with E-state index >= 15 is 0 Å². The molecule has 0 saturated heterocycles. The number of thiophene rings is 1. The van der Waals surface area contributed by atoms with Gasteiger partial charge in [0.15, 0.2) is 17.5 Å². The molecule has 0 radical (unpaired) electrons. The van der Waals surface area contributed by atoms with Gasteiger partial charge in [-0.1, -0.05) is 158 Å². The van der Waals surface area contributed by atoms with Gasteiger partial charge in [0, 0.05) is 47.6 Å². The number of nitrogens with zero attached hydrogens (tertiary/aromatic N) is 3. The van der Waals surface area contributed by atoms with Gasteiger partial charge < -0.3 is 4.42 Å². The van der Waals surface area contributed by atoms with Crippen LogP contribution in [0.2, 0.25) is 0 Å². The first-order valence-corrected chi connectivity index (χ1v) is 19.5. The fourth-order valence-corrected chi connectivity index (χ4v) is 9.03. The van der Waals surface area contributed by atoms with Crippen molar-refractivity contribution < 1.29 is 4.42 Å². The van der Waals surface area contributed by atoms with Crippen molar-refractivity contribution in [2.75, 3.05) is 0 Å². The fourth-order valence-electron chi connectivity index (χ4n) is 7.81. The summed E-state index contributed by atoms with van der Waals surface area (Å²) in [6.45, 7) is 0. The van der Waals surface area contributed by atoms with Crippen molar-refractivity contribution in [3.05, 3.63) is 188 Å². The molecule has 0 aliphatic carbocycles. The number of hydrogen-bond donors (Lipinski definition) is 0. The van der Waals surface area contributed by atoms with Crippen molar-refractivity contribution in [2.45, 2.75) is 0 Å². The first-order valence-electron chi connectivity index (χ1n) is 18.7. The Morgan fingerprint density at radius 1 is 0.339 bits per heavy atom. The summed E-state index contributed by atoms with van der Waals surface area (Å²) in [7, 11) is 0. The van der Waals surface area contributed by atoms with E-state index in [1.165, 1.54) is 31.3 Å². The Balaban J connectivity index is 1.13. The van der Waals surface area contributed by atoms with Crippen LogP contribution >= 0.6 is 11.3 Å². The molecule has 0 atom stereocenters. The van der Waals surface area contributed by atoms with E-state index in [2.05, 4.69) is 140 Å². The Bertz CT molecular complexity index is 3230. The second-order valence-corrected chi connectivity index (χ2v) is 15.0. The maximum Gasteiger partial charge on any atom is 0.164 e. The van der Waals surface area contributed by atoms with Gasteiger partial charge >= 0.3 is 0 Å². The van der Waals surface area contributed by atoms with Crippen molar-refractivity contribution in [3.8, 4) is 67.5 Å². The van der Waals surface area contributed by atoms with Crippen LogP contribution in [0.25, 0.3) is 110 Å². The maximum atomic E-state index is 6.63. The maximum absolute atomic E-state index is 6.63. The van der Waals surface area contributed by atoms with Crippen LogP contribution in [0.4, 0.5) is 0 Å². The summed E-state index contributed by atoms with van der Waals surface area (Å²) in [6.07, 6.45) is 0. The molecule has 0 fully saturated rings. The van der Waals surface area contributed by atoms with Crippen molar-refractivity contribution >= 4 is 53.4 Å². The molecule has 0 amide bonds. The summed E-state index contributed by atoms with van der Waals surface area (Å²) in [5.41, 5.74) is 11.3. The monoisotopic (exact) mass is 733 g/mol. The Hall–Kier alpha value is -7.21. The molecule has 0 saturated carbocycles. The van der Waals surface area contributed by atoms with Crippen LogP contribution in [0.3, 0.4) is 0 Å². The largest absolute Gasteiger partial charge is 0.456 e. The third kappa shape index (κ3) is 5.56. The number of aromatic nitrogens is 3. The predicted octanol–water partition coefficient (Wildman–Crippen LogP) is 14.1. The number of fused-ring (bicyclic) bond motifs is 6. The normalized spacial score (nSPS) is 11.6. The van der Waals surface area contributed by atoms with E-state index in [9.17, 15) is 0 Å². The van der Waals surface area contributed by atoms with Crippen LogP contribution in [-0.4, -0.2) is 15.0 Å². The minimum atomic E-state index is 0.593. The molecular weight excluding hydrogens is 703 g/mol. The standard InChI is InChI=1S/C51H31N3OS/c1-4-13-32(14-5-1)34-23-25-36(26-24-34)50-52-49(35-17-8-3-9-18-35)53-51(54-50)43-30-38(31-45-47(43)41-19-10-11-22-44(41)55-45)39-20-12-21-40-42-29-37(33-15-6-2-7-16-33)27-28-46(42)56-48(39)40/h1-31H. The van der Waals surface area contributed by atoms with Gasteiger partial charge in [0.2, 0.25) is 0 Å². The lowest BCUT2D eigenvalue weighted by molar-refractivity contribution is 0.669. The molecule has 0 aliphatic rings. The minimum Gasteiger partial charge on any atom is -0.456 e. The zero-order chi connectivity index (χ0) is 37.0. The van der Waals surface area contributed by atoms with Gasteiger partial charge in [0.25, 0.3) is 0 Å². The van der Waals surface area contributed by atoms with E-state index < -0.39 is 0 Å². The van der Waals surface area contributed by atoms with Gasteiger partial charge in [-0.05, 0) is 63.7 Å². The number of para-hydroxylation sites is 1. The lowest BCUT2D eigenvalue weighted by Gasteiger charge is -2.12. The smallest absolute Gasteiger partial charge is 0.164 e. The van der Waals surface area contributed by atoms with E-state index in [0.717, 1.165) is 60.9 Å². The highest BCUT2D eigenvalue weighted by Gasteiger charge is 2.21. The van der Waals surface area contributed by atoms with Crippen molar-refractivity contribution in [2.24, 2.45) is 0 Å². The Morgan fingerprint density at radius 2 is 0.893 bits per heavy atom. The van der Waals surface area contributed by atoms with Crippen LogP contribution in [0.5, 0.6) is 0 Å². The van der Waals surface area contributed by atoms with E-state index in [1.54, 1.807) is 0 Å². The van der Waals surface area contributed by atoms with Crippen molar-refractivity contribution in [3.63, 3.8) is 0 Å². The molecule has 8 aromatic carbocycles. The summed E-state index contributed by atoms with van der Waals surface area (Å²) in [4.78, 5) is 15.5. The third-order valence-corrected chi connectivity index (χ3v) is 11.8. The molecule has 5 heteroatoms. The average molecular weight is 734 g/mol. The highest BCUT2D eigenvalue weighted by Crippen LogP contribution is 2.45. The lowest BCUT2D eigenvalue weighted by atomic mass is 9.96. The Morgan fingerprint density at radius 3 is 1.62 bits per heavy atom. The second-order valence-electron chi connectivity index (χ2n) is 14.0. The summed E-state index contributed by atoms with van der Waals surface area (Å²) >= 11 is 1.83. The predicted molar refractivity (Wildman–Crippen MR) is 233 cm³/mol. The van der Waals surface area contributed by atoms with Crippen LogP contribution in [0, 0.1) is 0 Å². The van der Waals surface area contributed by atoms with E-state index in [0.29, 0.717) is 17.5 Å². The van der Waals surface area contributed by atoms with Gasteiger partial charge in [-0.15, -0.1) is 11.3 Å². The number of rotatable bonds is 6. The Kier molecular flexibility index (Phi) is 7.64.